The molecule has 0 bridgehead atoms. The van der Waals surface area contributed by atoms with E-state index in [2.05, 4.69) is 20.9 Å². The van der Waals surface area contributed by atoms with Gasteiger partial charge in [-0.05, 0) is 81.8 Å². The van der Waals surface area contributed by atoms with Crippen molar-refractivity contribution in [2.24, 2.45) is 0 Å². The molecular weight excluding hydrogens is 436 g/mol. The number of carbonyl (C=O) groups is 1. The molecule has 4 rings (SSSR count). The normalized spacial score (nSPS) is 19.8. The van der Waals surface area contributed by atoms with Crippen LogP contribution in [0.3, 0.4) is 0 Å². The van der Waals surface area contributed by atoms with Crippen molar-refractivity contribution in [3.63, 3.8) is 0 Å². The van der Waals surface area contributed by atoms with Gasteiger partial charge in [0.25, 0.3) is 0 Å². The number of carboxylic acid groups (broad SMARTS) is 1. The van der Waals surface area contributed by atoms with Gasteiger partial charge in [-0.15, -0.1) is 0 Å². The van der Waals surface area contributed by atoms with E-state index in [4.69, 9.17) is 27.3 Å². The van der Waals surface area contributed by atoms with E-state index < -0.39 is 5.97 Å². The predicted molar refractivity (Wildman–Crippen MR) is 135 cm³/mol. The molecule has 4 N–H and O–H groups in total. The average Bonchev–Trinajstić information content (AvgIpc) is 2.80. The van der Waals surface area contributed by atoms with E-state index in [1.807, 2.05) is 20.2 Å². The van der Waals surface area contributed by atoms with Crippen LogP contribution in [0.5, 0.6) is 0 Å². The molecule has 0 atom stereocenters. The summed E-state index contributed by atoms with van der Waals surface area (Å²) in [5.74, 6) is 0.830. The molecular formula is C24H32N6O2S. The van der Waals surface area contributed by atoms with Crippen LogP contribution in [0.1, 0.15) is 60.1 Å². The zero-order chi connectivity index (χ0) is 23.4. The van der Waals surface area contributed by atoms with E-state index in [0.29, 0.717) is 16.8 Å². The molecule has 176 valence electrons. The minimum atomic E-state index is -0.955. The smallest absolute Gasteiger partial charge is 0.335 e. The molecule has 1 saturated carbocycles. The first-order valence-corrected chi connectivity index (χ1v) is 12.0. The van der Waals surface area contributed by atoms with Crippen LogP contribution in [0.25, 0.3) is 0 Å². The topological polar surface area (TPSA) is 102 Å². The molecule has 0 saturated heterocycles. The SMILES string of the molecule is CN(C)c1nc(NC2CCC(NC(=S)Nc3cccc(C(=O)O)c3)CC2)nc2c1CCCC2. The zero-order valence-electron chi connectivity index (χ0n) is 19.2. The Morgan fingerprint density at radius 3 is 2.55 bits per heavy atom. The first-order chi connectivity index (χ1) is 15.9. The fraction of sp³-hybridized carbons (Fsp3) is 0.500. The number of aromatic nitrogens is 2. The second-order valence-electron chi connectivity index (χ2n) is 9.07. The number of nitrogens with one attached hydrogen (secondary N) is 3. The highest BCUT2D eigenvalue weighted by atomic mass is 32.1. The summed E-state index contributed by atoms with van der Waals surface area (Å²) in [6, 6.07) is 7.28. The third kappa shape index (κ3) is 5.90. The molecule has 0 aliphatic heterocycles. The van der Waals surface area contributed by atoms with Crippen molar-refractivity contribution in [1.29, 1.82) is 0 Å². The van der Waals surface area contributed by atoms with E-state index in [9.17, 15) is 4.79 Å². The lowest BCUT2D eigenvalue weighted by Gasteiger charge is -2.31. The molecule has 0 spiro atoms. The lowest BCUT2D eigenvalue weighted by atomic mass is 9.91. The minimum Gasteiger partial charge on any atom is -0.478 e. The molecule has 2 aliphatic carbocycles. The monoisotopic (exact) mass is 468 g/mol. The van der Waals surface area contributed by atoms with Gasteiger partial charge >= 0.3 is 5.97 Å². The summed E-state index contributed by atoms with van der Waals surface area (Å²) in [5.41, 5.74) is 3.40. The second-order valence-corrected chi connectivity index (χ2v) is 9.48. The lowest BCUT2D eigenvalue weighted by molar-refractivity contribution is 0.0697. The van der Waals surface area contributed by atoms with Crippen LogP contribution in [0, 0.1) is 0 Å². The third-order valence-corrected chi connectivity index (χ3v) is 6.57. The molecule has 0 radical (unpaired) electrons. The molecule has 1 fully saturated rings. The van der Waals surface area contributed by atoms with Gasteiger partial charge in [0.15, 0.2) is 5.11 Å². The Balaban J connectivity index is 1.29. The highest BCUT2D eigenvalue weighted by molar-refractivity contribution is 7.80. The summed E-state index contributed by atoms with van der Waals surface area (Å²) in [4.78, 5) is 22.9. The molecule has 0 unspecified atom stereocenters. The van der Waals surface area contributed by atoms with E-state index >= 15 is 0 Å². The number of benzene rings is 1. The average molecular weight is 469 g/mol. The highest BCUT2D eigenvalue weighted by Gasteiger charge is 2.24. The highest BCUT2D eigenvalue weighted by Crippen LogP contribution is 2.29. The largest absolute Gasteiger partial charge is 0.478 e. The number of nitrogens with zero attached hydrogens (tertiary/aromatic N) is 3. The van der Waals surface area contributed by atoms with Crippen LogP contribution in [-0.2, 0) is 12.8 Å². The second kappa shape index (κ2) is 10.3. The fourth-order valence-electron chi connectivity index (χ4n) is 4.66. The van der Waals surface area contributed by atoms with E-state index in [0.717, 1.165) is 50.3 Å². The van der Waals surface area contributed by atoms with Crippen molar-refractivity contribution < 1.29 is 9.90 Å². The van der Waals surface area contributed by atoms with Crippen molar-refractivity contribution in [3.8, 4) is 0 Å². The van der Waals surface area contributed by atoms with E-state index in [1.54, 1.807) is 18.2 Å². The summed E-state index contributed by atoms with van der Waals surface area (Å²) >= 11 is 5.45. The van der Waals surface area contributed by atoms with Crippen molar-refractivity contribution >= 4 is 40.8 Å². The Bertz CT molecular complexity index is 1020. The first-order valence-electron chi connectivity index (χ1n) is 11.6. The van der Waals surface area contributed by atoms with Crippen LogP contribution in [-0.4, -0.2) is 52.3 Å². The summed E-state index contributed by atoms with van der Waals surface area (Å²) < 4.78 is 0. The first kappa shape index (κ1) is 23.2. The maximum absolute atomic E-state index is 11.1. The van der Waals surface area contributed by atoms with Crippen LogP contribution in [0.2, 0.25) is 0 Å². The molecule has 2 aliphatic rings. The molecule has 33 heavy (non-hydrogen) atoms. The van der Waals surface area contributed by atoms with Gasteiger partial charge in [0.05, 0.1) is 11.3 Å². The van der Waals surface area contributed by atoms with Crippen LogP contribution >= 0.6 is 12.2 Å². The van der Waals surface area contributed by atoms with Gasteiger partial charge in [-0.2, -0.15) is 4.98 Å². The van der Waals surface area contributed by atoms with Gasteiger partial charge in [0.2, 0.25) is 5.95 Å². The number of carboxylic acids is 1. The fourth-order valence-corrected chi connectivity index (χ4v) is 4.94. The molecule has 1 heterocycles. The quantitative estimate of drug-likeness (QED) is 0.471. The molecule has 9 heteroatoms. The Morgan fingerprint density at radius 2 is 1.82 bits per heavy atom. The number of hydrogen-bond donors (Lipinski definition) is 4. The lowest BCUT2D eigenvalue weighted by Crippen LogP contribution is -2.42. The Morgan fingerprint density at radius 1 is 1.09 bits per heavy atom. The van der Waals surface area contributed by atoms with Gasteiger partial charge in [0.1, 0.15) is 5.82 Å². The summed E-state index contributed by atoms with van der Waals surface area (Å²) in [5, 5.41) is 19.7. The van der Waals surface area contributed by atoms with E-state index in [-0.39, 0.29) is 11.6 Å². The minimum absolute atomic E-state index is 0.233. The summed E-state index contributed by atoms with van der Waals surface area (Å²) in [6.07, 6.45) is 8.49. The van der Waals surface area contributed by atoms with Crippen LogP contribution in [0.4, 0.5) is 17.5 Å². The van der Waals surface area contributed by atoms with Gasteiger partial charge < -0.3 is 26.0 Å². The van der Waals surface area contributed by atoms with Crippen LogP contribution < -0.4 is 20.9 Å². The van der Waals surface area contributed by atoms with Gasteiger partial charge in [-0.1, -0.05) is 6.07 Å². The molecule has 0 amide bonds. The Hall–Kier alpha value is -2.94. The number of anilines is 3. The van der Waals surface area contributed by atoms with E-state index in [1.165, 1.54) is 24.1 Å². The molecule has 1 aromatic heterocycles. The predicted octanol–water partition coefficient (Wildman–Crippen LogP) is 3.83. The number of fused-ring (bicyclic) bond motifs is 1. The number of rotatable bonds is 6. The van der Waals surface area contributed by atoms with Crippen LogP contribution in [0.15, 0.2) is 24.3 Å². The standard InChI is InChI=1S/C24H32N6O2S/c1-30(2)21-19-8-3-4-9-20(19)28-23(29-21)25-16-10-12-17(13-11-16)26-24(33)27-18-7-5-6-15(14-18)22(31)32/h5-7,14,16-17H,3-4,8-13H2,1-2H3,(H,31,32)(H,25,28,29)(H2,26,27,33). The maximum Gasteiger partial charge on any atom is 0.335 e. The Labute approximate surface area is 200 Å². The third-order valence-electron chi connectivity index (χ3n) is 6.35. The summed E-state index contributed by atoms with van der Waals surface area (Å²) in [6.45, 7) is 0. The Kier molecular flexibility index (Phi) is 7.27. The molecule has 8 nitrogen and oxygen atoms in total. The number of thiocarbonyl (C=S) groups is 1. The number of aryl methyl sites for hydroxylation is 1. The van der Waals surface area contributed by atoms with Gasteiger partial charge in [-0.3, -0.25) is 0 Å². The van der Waals surface area contributed by atoms with Crippen molar-refractivity contribution in [1.82, 2.24) is 15.3 Å². The zero-order valence-corrected chi connectivity index (χ0v) is 20.0. The number of aromatic carboxylic acids is 1. The summed E-state index contributed by atoms with van der Waals surface area (Å²) in [7, 11) is 4.10. The van der Waals surface area contributed by atoms with Gasteiger partial charge in [-0.25, -0.2) is 9.78 Å². The molecule has 1 aromatic carbocycles. The number of hydrogen-bond acceptors (Lipinski definition) is 6. The van der Waals surface area contributed by atoms with Crippen molar-refractivity contribution in [3.05, 3.63) is 41.1 Å². The maximum atomic E-state index is 11.1. The van der Waals surface area contributed by atoms with Gasteiger partial charge in [0, 0.05) is 37.4 Å². The van der Waals surface area contributed by atoms with Crippen molar-refractivity contribution in [2.45, 2.75) is 63.5 Å². The van der Waals surface area contributed by atoms with Crippen molar-refractivity contribution in [2.75, 3.05) is 29.6 Å². The molecule has 2 aromatic rings.